The number of unbranched alkanes of at least 4 members (excludes halogenated alkanes) is 1. The quantitative estimate of drug-likeness (QED) is 0.534. The predicted octanol–water partition coefficient (Wildman–Crippen LogP) is 0.919. The minimum atomic E-state index is 0.0440. The van der Waals surface area contributed by atoms with Crippen molar-refractivity contribution >= 4 is 5.91 Å². The Kier molecular flexibility index (Phi) is 11.0. The first-order chi connectivity index (χ1) is 7.31. The summed E-state index contributed by atoms with van der Waals surface area (Å²) in [6.45, 7) is 7.51. The molecule has 0 fully saturated rings. The molecule has 0 rings (SSSR count). The van der Waals surface area contributed by atoms with Crippen LogP contribution in [0.25, 0.3) is 0 Å². The van der Waals surface area contributed by atoms with Gasteiger partial charge in [-0.2, -0.15) is 0 Å². The molecule has 0 aromatic heterocycles. The third-order valence-electron chi connectivity index (χ3n) is 1.92. The Morgan fingerprint density at radius 3 is 2.60 bits per heavy atom. The van der Waals surface area contributed by atoms with E-state index in [1.165, 1.54) is 0 Å². The molecule has 0 radical (unpaired) electrons. The van der Waals surface area contributed by atoms with Crippen molar-refractivity contribution in [3.63, 3.8) is 0 Å². The Morgan fingerprint density at radius 1 is 1.13 bits per heavy atom. The fraction of sp³-hybridized carbons (Fsp3) is 0.909. The molecule has 0 saturated carbocycles. The number of ether oxygens (including phenoxy) is 1. The Hall–Kier alpha value is -0.610. The van der Waals surface area contributed by atoms with E-state index in [0.717, 1.165) is 32.4 Å². The van der Waals surface area contributed by atoms with Gasteiger partial charge >= 0.3 is 0 Å². The van der Waals surface area contributed by atoms with Crippen molar-refractivity contribution in [1.82, 2.24) is 10.6 Å². The van der Waals surface area contributed by atoms with Crippen molar-refractivity contribution in [1.29, 1.82) is 0 Å². The molecule has 4 nitrogen and oxygen atoms in total. The van der Waals surface area contributed by atoms with Gasteiger partial charge in [0.15, 0.2) is 0 Å². The van der Waals surface area contributed by atoms with Crippen LogP contribution in [0.5, 0.6) is 0 Å². The summed E-state index contributed by atoms with van der Waals surface area (Å²) in [5.41, 5.74) is 0. The first-order valence-corrected chi connectivity index (χ1v) is 5.86. The fourth-order valence-corrected chi connectivity index (χ4v) is 1.05. The van der Waals surface area contributed by atoms with E-state index < -0.39 is 0 Å². The lowest BCUT2D eigenvalue weighted by Crippen LogP contribution is -2.35. The van der Waals surface area contributed by atoms with E-state index in [1.54, 1.807) is 0 Å². The van der Waals surface area contributed by atoms with E-state index in [1.807, 2.05) is 0 Å². The molecule has 1 amide bonds. The molecule has 0 aliphatic carbocycles. The average Bonchev–Trinajstić information content (AvgIpc) is 2.23. The van der Waals surface area contributed by atoms with Crippen molar-refractivity contribution in [3.8, 4) is 0 Å². The van der Waals surface area contributed by atoms with E-state index in [2.05, 4.69) is 24.5 Å². The average molecular weight is 216 g/mol. The Bertz CT molecular complexity index is 152. The van der Waals surface area contributed by atoms with Crippen LogP contribution >= 0.6 is 0 Å². The van der Waals surface area contributed by atoms with Gasteiger partial charge in [0.05, 0.1) is 13.2 Å². The van der Waals surface area contributed by atoms with Crippen molar-refractivity contribution in [2.75, 3.05) is 32.8 Å². The van der Waals surface area contributed by atoms with E-state index in [-0.39, 0.29) is 5.91 Å². The zero-order valence-electron chi connectivity index (χ0n) is 9.97. The topological polar surface area (TPSA) is 50.4 Å². The molecule has 0 unspecified atom stereocenters. The van der Waals surface area contributed by atoms with Gasteiger partial charge in [-0.05, 0) is 19.4 Å². The Morgan fingerprint density at radius 2 is 1.93 bits per heavy atom. The van der Waals surface area contributed by atoms with Crippen LogP contribution < -0.4 is 10.6 Å². The first-order valence-electron chi connectivity index (χ1n) is 5.86. The molecule has 15 heavy (non-hydrogen) atoms. The summed E-state index contributed by atoms with van der Waals surface area (Å²) >= 11 is 0. The lowest BCUT2D eigenvalue weighted by molar-refractivity contribution is -0.120. The predicted molar refractivity (Wildman–Crippen MR) is 61.9 cm³/mol. The summed E-state index contributed by atoms with van der Waals surface area (Å²) in [6, 6.07) is 0. The van der Waals surface area contributed by atoms with Crippen LogP contribution in [-0.2, 0) is 9.53 Å². The Labute approximate surface area is 92.8 Å². The second kappa shape index (κ2) is 11.5. The number of hydrogen-bond donors (Lipinski definition) is 2. The maximum Gasteiger partial charge on any atom is 0.234 e. The van der Waals surface area contributed by atoms with Gasteiger partial charge in [0.2, 0.25) is 5.91 Å². The van der Waals surface area contributed by atoms with Crippen LogP contribution in [-0.4, -0.2) is 38.8 Å². The van der Waals surface area contributed by atoms with Crippen LogP contribution in [0.3, 0.4) is 0 Å². The monoisotopic (exact) mass is 216 g/mol. The molecule has 0 atom stereocenters. The van der Waals surface area contributed by atoms with Gasteiger partial charge in [-0.3, -0.25) is 4.79 Å². The van der Waals surface area contributed by atoms with Crippen LogP contribution in [0.15, 0.2) is 0 Å². The highest BCUT2D eigenvalue weighted by Gasteiger charge is 1.98. The molecule has 0 bridgehead atoms. The molecule has 0 aromatic rings. The van der Waals surface area contributed by atoms with Crippen LogP contribution in [0, 0.1) is 0 Å². The molecular weight excluding hydrogens is 192 g/mol. The summed E-state index contributed by atoms with van der Waals surface area (Å²) in [7, 11) is 0. The maximum atomic E-state index is 11.2. The molecule has 4 heteroatoms. The lowest BCUT2D eigenvalue weighted by Gasteiger charge is -2.06. The van der Waals surface area contributed by atoms with Gasteiger partial charge in [-0.25, -0.2) is 0 Å². The maximum absolute atomic E-state index is 11.2. The van der Waals surface area contributed by atoms with Crippen molar-refractivity contribution in [3.05, 3.63) is 0 Å². The van der Waals surface area contributed by atoms with Crippen LogP contribution in [0.4, 0.5) is 0 Å². The molecule has 0 spiro atoms. The molecule has 0 saturated heterocycles. The van der Waals surface area contributed by atoms with Gasteiger partial charge in [-0.1, -0.05) is 20.3 Å². The van der Waals surface area contributed by atoms with E-state index in [9.17, 15) is 4.79 Å². The third-order valence-corrected chi connectivity index (χ3v) is 1.92. The summed E-state index contributed by atoms with van der Waals surface area (Å²) in [5, 5.41) is 5.84. The largest absolute Gasteiger partial charge is 0.380 e. The lowest BCUT2D eigenvalue weighted by atomic mass is 10.4. The van der Waals surface area contributed by atoms with E-state index in [4.69, 9.17) is 4.74 Å². The minimum Gasteiger partial charge on any atom is -0.380 e. The van der Waals surface area contributed by atoms with E-state index in [0.29, 0.717) is 19.7 Å². The number of rotatable bonds is 10. The highest BCUT2D eigenvalue weighted by molar-refractivity contribution is 5.77. The fourth-order valence-electron chi connectivity index (χ4n) is 1.05. The minimum absolute atomic E-state index is 0.0440. The van der Waals surface area contributed by atoms with Gasteiger partial charge in [0, 0.05) is 13.2 Å². The Balaban J connectivity index is 3.10. The van der Waals surface area contributed by atoms with E-state index >= 15 is 0 Å². The zero-order valence-corrected chi connectivity index (χ0v) is 9.97. The number of carbonyl (C=O) groups is 1. The number of nitrogens with one attached hydrogen (secondary N) is 2. The summed E-state index contributed by atoms with van der Waals surface area (Å²) in [5.74, 6) is 0.0440. The molecule has 0 aliphatic rings. The second-order valence-electron chi connectivity index (χ2n) is 3.49. The summed E-state index contributed by atoms with van der Waals surface area (Å²) < 4.78 is 5.31. The number of hydrogen-bond acceptors (Lipinski definition) is 3. The van der Waals surface area contributed by atoms with Gasteiger partial charge < -0.3 is 15.4 Å². The summed E-state index contributed by atoms with van der Waals surface area (Å²) in [6.07, 6.45) is 3.28. The zero-order chi connectivity index (χ0) is 11.4. The van der Waals surface area contributed by atoms with Crippen molar-refractivity contribution in [2.45, 2.75) is 33.1 Å². The van der Waals surface area contributed by atoms with Crippen LogP contribution in [0.2, 0.25) is 0 Å². The SMILES string of the molecule is CCCCOCCNC(=O)CNCCC. The molecular formula is C11H24N2O2. The van der Waals surface area contributed by atoms with Crippen molar-refractivity contribution < 1.29 is 9.53 Å². The van der Waals surface area contributed by atoms with Gasteiger partial charge in [0.25, 0.3) is 0 Å². The van der Waals surface area contributed by atoms with Crippen LogP contribution in [0.1, 0.15) is 33.1 Å². The van der Waals surface area contributed by atoms with Crippen molar-refractivity contribution in [2.24, 2.45) is 0 Å². The highest BCUT2D eigenvalue weighted by atomic mass is 16.5. The number of carbonyl (C=O) groups excluding carboxylic acids is 1. The smallest absolute Gasteiger partial charge is 0.234 e. The molecule has 0 heterocycles. The third kappa shape index (κ3) is 11.3. The normalized spacial score (nSPS) is 10.3. The molecule has 2 N–H and O–H groups in total. The van der Waals surface area contributed by atoms with Gasteiger partial charge in [0.1, 0.15) is 0 Å². The highest BCUT2D eigenvalue weighted by Crippen LogP contribution is 1.86. The molecule has 0 aliphatic heterocycles. The molecule has 90 valence electrons. The first kappa shape index (κ1) is 14.4. The summed E-state index contributed by atoms with van der Waals surface area (Å²) in [4.78, 5) is 11.2. The number of amides is 1. The standard InChI is InChI=1S/C11H24N2O2/c1-3-5-8-15-9-7-13-11(14)10-12-6-4-2/h12H,3-10H2,1-2H3,(H,13,14). The molecule has 0 aromatic carbocycles. The van der Waals surface area contributed by atoms with Gasteiger partial charge in [-0.15, -0.1) is 0 Å². The second-order valence-corrected chi connectivity index (χ2v) is 3.49.